The average molecular weight is 390 g/mol. The number of halogens is 1. The number of amides is 2. The zero-order valence-electron chi connectivity index (χ0n) is 15.1. The molecule has 0 saturated heterocycles. The molecule has 4 N–H and O–H groups in total. The summed E-state index contributed by atoms with van der Waals surface area (Å²) >= 11 is 0. The number of nitrogens with two attached hydrogens (primary N) is 1. The zero-order valence-corrected chi connectivity index (χ0v) is 15.9. The van der Waals surface area contributed by atoms with Gasteiger partial charge in [0.15, 0.2) is 0 Å². The third-order valence-corrected chi connectivity index (χ3v) is 4.50. The molecule has 1 saturated carbocycles. The Bertz CT molecular complexity index is 791. The van der Waals surface area contributed by atoms with Crippen molar-refractivity contribution >= 4 is 29.9 Å². The van der Waals surface area contributed by atoms with E-state index >= 15 is 0 Å². The number of benzene rings is 2. The van der Waals surface area contributed by atoms with Gasteiger partial charge in [-0.2, -0.15) is 0 Å². The molecule has 0 aromatic heterocycles. The molecule has 2 aromatic rings. The molecule has 144 valence electrons. The maximum atomic E-state index is 12.5. The van der Waals surface area contributed by atoms with E-state index in [0.717, 1.165) is 12.8 Å². The van der Waals surface area contributed by atoms with Crippen LogP contribution in [0, 0.1) is 5.92 Å². The third-order valence-electron chi connectivity index (χ3n) is 4.50. The Morgan fingerprint density at radius 2 is 1.78 bits per heavy atom. The third kappa shape index (κ3) is 5.45. The minimum atomic E-state index is -0.289. The Hall–Kier alpha value is -2.57. The first kappa shape index (κ1) is 20.7. The molecule has 3 rings (SSSR count). The van der Waals surface area contributed by atoms with Crippen molar-refractivity contribution in [2.24, 2.45) is 11.7 Å². The molecule has 0 bridgehead atoms. The van der Waals surface area contributed by atoms with Gasteiger partial charge in [-0.15, -0.1) is 12.4 Å². The van der Waals surface area contributed by atoms with Crippen LogP contribution >= 0.6 is 12.4 Å². The van der Waals surface area contributed by atoms with Gasteiger partial charge in [0.05, 0.1) is 18.4 Å². The fourth-order valence-corrected chi connectivity index (χ4v) is 2.72. The van der Waals surface area contributed by atoms with Crippen LogP contribution in [0.25, 0.3) is 0 Å². The number of carbonyl (C=O) groups is 2. The largest absolute Gasteiger partial charge is 0.497 e. The van der Waals surface area contributed by atoms with Crippen molar-refractivity contribution in [3.8, 4) is 5.75 Å². The van der Waals surface area contributed by atoms with Crippen molar-refractivity contribution < 1.29 is 14.3 Å². The summed E-state index contributed by atoms with van der Waals surface area (Å²) in [5.41, 5.74) is 7.39. The average Bonchev–Trinajstić information content (AvgIpc) is 3.51. The topological polar surface area (TPSA) is 93.4 Å². The lowest BCUT2D eigenvalue weighted by molar-refractivity contribution is 0.0951. The van der Waals surface area contributed by atoms with Crippen LogP contribution in [0.15, 0.2) is 48.5 Å². The molecule has 27 heavy (non-hydrogen) atoms. The number of para-hydroxylation sites is 1. The molecule has 0 radical (unpaired) electrons. The first-order valence-corrected chi connectivity index (χ1v) is 8.66. The summed E-state index contributed by atoms with van der Waals surface area (Å²) in [5.74, 6) is 0.656. The summed E-state index contributed by atoms with van der Waals surface area (Å²) < 4.78 is 5.09. The van der Waals surface area contributed by atoms with Crippen LogP contribution in [0.5, 0.6) is 5.75 Å². The van der Waals surface area contributed by atoms with E-state index in [9.17, 15) is 9.59 Å². The van der Waals surface area contributed by atoms with Crippen LogP contribution in [0.4, 0.5) is 5.69 Å². The van der Waals surface area contributed by atoms with Crippen molar-refractivity contribution in [3.05, 3.63) is 59.7 Å². The lowest BCUT2D eigenvalue weighted by Gasteiger charge is -2.14. The summed E-state index contributed by atoms with van der Waals surface area (Å²) in [7, 11) is 1.57. The van der Waals surface area contributed by atoms with E-state index in [1.807, 2.05) is 0 Å². The molecule has 6 nitrogen and oxygen atoms in total. The number of ether oxygens (including phenoxy) is 1. The van der Waals surface area contributed by atoms with Crippen molar-refractivity contribution in [3.63, 3.8) is 0 Å². The van der Waals surface area contributed by atoms with E-state index < -0.39 is 0 Å². The van der Waals surface area contributed by atoms with E-state index in [-0.39, 0.29) is 30.3 Å². The Morgan fingerprint density at radius 1 is 1.11 bits per heavy atom. The second-order valence-electron chi connectivity index (χ2n) is 6.44. The summed E-state index contributed by atoms with van der Waals surface area (Å²) in [6.07, 6.45) is 2.26. The predicted molar refractivity (Wildman–Crippen MR) is 108 cm³/mol. The van der Waals surface area contributed by atoms with Crippen LogP contribution in [0.2, 0.25) is 0 Å². The van der Waals surface area contributed by atoms with Crippen LogP contribution in [0.3, 0.4) is 0 Å². The van der Waals surface area contributed by atoms with E-state index in [2.05, 4.69) is 10.6 Å². The van der Waals surface area contributed by atoms with Crippen molar-refractivity contribution in [2.45, 2.75) is 18.9 Å². The molecule has 1 atom stereocenters. The lowest BCUT2D eigenvalue weighted by Crippen LogP contribution is -2.38. The molecular weight excluding hydrogens is 366 g/mol. The SMILES string of the molecule is COc1ccc(C(=O)Nc2ccccc2C(=O)NCC(N)C2CC2)cc1.Cl. The van der Waals surface area contributed by atoms with Crippen molar-refractivity contribution in [1.82, 2.24) is 5.32 Å². The van der Waals surface area contributed by atoms with Gasteiger partial charge in [0, 0.05) is 18.2 Å². The van der Waals surface area contributed by atoms with Crippen LogP contribution in [-0.2, 0) is 0 Å². The fourth-order valence-electron chi connectivity index (χ4n) is 2.72. The summed E-state index contributed by atoms with van der Waals surface area (Å²) in [6, 6.07) is 13.7. The molecule has 1 fully saturated rings. The van der Waals surface area contributed by atoms with Gasteiger partial charge in [-0.3, -0.25) is 9.59 Å². The second kappa shape index (κ2) is 9.39. The Labute approximate surface area is 164 Å². The first-order chi connectivity index (χ1) is 12.6. The number of nitrogens with one attached hydrogen (secondary N) is 2. The van der Waals surface area contributed by atoms with Gasteiger partial charge in [0.25, 0.3) is 11.8 Å². The summed E-state index contributed by atoms with van der Waals surface area (Å²) in [6.45, 7) is 0.435. The number of carbonyl (C=O) groups excluding carboxylic acids is 2. The standard InChI is InChI=1S/C20H23N3O3.ClH/c1-26-15-10-8-14(9-11-15)19(24)23-18-5-3-2-4-16(18)20(25)22-12-17(21)13-6-7-13;/h2-5,8-11,13,17H,6-7,12,21H2,1H3,(H,22,25)(H,23,24);1H. The predicted octanol–water partition coefficient (Wildman–Crippen LogP) is 2.84. The highest BCUT2D eigenvalue weighted by Crippen LogP contribution is 2.31. The van der Waals surface area contributed by atoms with Crippen molar-refractivity contribution in [1.29, 1.82) is 0 Å². The smallest absolute Gasteiger partial charge is 0.255 e. The highest BCUT2D eigenvalue weighted by molar-refractivity contribution is 6.09. The van der Waals surface area contributed by atoms with Gasteiger partial charge in [-0.05, 0) is 55.2 Å². The van der Waals surface area contributed by atoms with Gasteiger partial charge in [-0.1, -0.05) is 12.1 Å². The van der Waals surface area contributed by atoms with Crippen LogP contribution in [0.1, 0.15) is 33.6 Å². The molecule has 1 aliphatic rings. The van der Waals surface area contributed by atoms with Crippen LogP contribution in [-0.4, -0.2) is 31.5 Å². The number of rotatable bonds is 7. The Balaban J connectivity index is 0.00000261. The molecule has 0 heterocycles. The monoisotopic (exact) mass is 389 g/mol. The summed E-state index contributed by atoms with van der Waals surface area (Å²) in [4.78, 5) is 24.9. The molecule has 2 amide bonds. The maximum absolute atomic E-state index is 12.5. The molecule has 0 aliphatic heterocycles. The number of hydrogen-bond donors (Lipinski definition) is 3. The van der Waals surface area contributed by atoms with E-state index in [4.69, 9.17) is 10.5 Å². The van der Waals surface area contributed by atoms with Gasteiger partial charge >= 0.3 is 0 Å². The quantitative estimate of drug-likeness (QED) is 0.678. The Morgan fingerprint density at radius 3 is 2.41 bits per heavy atom. The molecule has 1 unspecified atom stereocenters. The number of hydrogen-bond acceptors (Lipinski definition) is 4. The number of anilines is 1. The number of methoxy groups -OCH3 is 1. The lowest BCUT2D eigenvalue weighted by atomic mass is 10.1. The van der Waals surface area contributed by atoms with E-state index in [1.54, 1.807) is 55.6 Å². The molecular formula is C20H24ClN3O3. The minimum absolute atomic E-state index is 0. The minimum Gasteiger partial charge on any atom is -0.497 e. The van der Waals surface area contributed by atoms with Gasteiger partial charge < -0.3 is 21.1 Å². The normalized spacial score (nSPS) is 13.9. The highest BCUT2D eigenvalue weighted by Gasteiger charge is 2.28. The van der Waals surface area contributed by atoms with Gasteiger partial charge in [0.1, 0.15) is 5.75 Å². The van der Waals surface area contributed by atoms with Gasteiger partial charge in [0.2, 0.25) is 0 Å². The zero-order chi connectivity index (χ0) is 18.5. The second-order valence-corrected chi connectivity index (χ2v) is 6.44. The molecule has 1 aliphatic carbocycles. The summed E-state index contributed by atoms with van der Waals surface area (Å²) in [5, 5.41) is 5.65. The van der Waals surface area contributed by atoms with Gasteiger partial charge in [-0.25, -0.2) is 0 Å². The highest BCUT2D eigenvalue weighted by atomic mass is 35.5. The Kier molecular flexibility index (Phi) is 7.21. The molecule has 2 aromatic carbocycles. The molecule has 7 heteroatoms. The van der Waals surface area contributed by atoms with Crippen LogP contribution < -0.4 is 21.1 Å². The van der Waals surface area contributed by atoms with E-state index in [0.29, 0.717) is 35.0 Å². The van der Waals surface area contributed by atoms with E-state index in [1.165, 1.54) is 0 Å². The molecule has 0 spiro atoms. The maximum Gasteiger partial charge on any atom is 0.255 e. The first-order valence-electron chi connectivity index (χ1n) is 8.66. The fraction of sp³-hybridized carbons (Fsp3) is 0.300. The van der Waals surface area contributed by atoms with Crippen molar-refractivity contribution in [2.75, 3.05) is 19.0 Å².